The average Bonchev–Trinajstić information content (AvgIpc) is 3.30. The van der Waals surface area contributed by atoms with E-state index in [9.17, 15) is 4.79 Å². The number of pyridine rings is 1. The van der Waals surface area contributed by atoms with Gasteiger partial charge in [0, 0.05) is 41.9 Å². The first-order chi connectivity index (χ1) is 15.8. The molecule has 7 heteroatoms. The van der Waals surface area contributed by atoms with E-state index >= 15 is 0 Å². The first kappa shape index (κ1) is 23.0. The maximum absolute atomic E-state index is 11.9. The van der Waals surface area contributed by atoms with Crippen LogP contribution in [-0.4, -0.2) is 20.6 Å². The standard InChI is InChI=1S/C26H31N5OS/c1-6-23(32)28-21-12-11-19(14-16(21)3)31-25(20-15-17(4)30(7-2)18(20)5)24(29-26(31)33)22-10-8-9-13-27-22/h8-15,24-25H,6-7H2,1-5H3,(H,28,32)(H,29,33)/t24-,25+/m1/s1. The normalized spacial score (nSPS) is 17.8. The van der Waals surface area contributed by atoms with Crippen molar-refractivity contribution in [3.63, 3.8) is 0 Å². The summed E-state index contributed by atoms with van der Waals surface area (Å²) < 4.78 is 2.33. The van der Waals surface area contributed by atoms with Gasteiger partial charge >= 0.3 is 0 Å². The quantitative estimate of drug-likeness (QED) is 0.484. The van der Waals surface area contributed by atoms with E-state index in [1.807, 2.05) is 50.4 Å². The fraction of sp³-hybridized carbons (Fsp3) is 0.346. The number of thiocarbonyl (C=S) groups is 1. The van der Waals surface area contributed by atoms with Crippen molar-refractivity contribution < 1.29 is 4.79 Å². The topological polar surface area (TPSA) is 62.2 Å². The second-order valence-electron chi connectivity index (χ2n) is 8.47. The van der Waals surface area contributed by atoms with E-state index in [2.05, 4.69) is 58.0 Å². The van der Waals surface area contributed by atoms with Crippen molar-refractivity contribution in [1.29, 1.82) is 0 Å². The summed E-state index contributed by atoms with van der Waals surface area (Å²) in [4.78, 5) is 18.7. The molecule has 2 atom stereocenters. The molecular formula is C26H31N5OS. The molecule has 1 saturated heterocycles. The van der Waals surface area contributed by atoms with Crippen molar-refractivity contribution in [1.82, 2.24) is 14.9 Å². The number of carbonyl (C=O) groups excluding carboxylic acids is 1. The van der Waals surface area contributed by atoms with Gasteiger partial charge in [-0.2, -0.15) is 0 Å². The fourth-order valence-corrected chi connectivity index (χ4v) is 5.09. The Morgan fingerprint density at radius 3 is 2.55 bits per heavy atom. The van der Waals surface area contributed by atoms with Crippen LogP contribution < -0.4 is 15.5 Å². The maximum Gasteiger partial charge on any atom is 0.224 e. The molecule has 4 rings (SSSR count). The minimum Gasteiger partial charge on any atom is -0.351 e. The van der Waals surface area contributed by atoms with Crippen LogP contribution in [-0.2, 0) is 11.3 Å². The molecule has 33 heavy (non-hydrogen) atoms. The van der Waals surface area contributed by atoms with Gasteiger partial charge in [0.1, 0.15) is 0 Å². The van der Waals surface area contributed by atoms with Crippen molar-refractivity contribution in [2.75, 3.05) is 10.2 Å². The zero-order valence-electron chi connectivity index (χ0n) is 19.8. The molecular weight excluding hydrogens is 430 g/mol. The second-order valence-corrected chi connectivity index (χ2v) is 8.85. The highest BCUT2D eigenvalue weighted by Crippen LogP contribution is 2.43. The number of carbonyl (C=O) groups is 1. The van der Waals surface area contributed by atoms with Gasteiger partial charge in [0.2, 0.25) is 5.91 Å². The molecule has 2 N–H and O–H groups in total. The molecule has 0 saturated carbocycles. The van der Waals surface area contributed by atoms with Gasteiger partial charge < -0.3 is 20.1 Å². The van der Waals surface area contributed by atoms with E-state index in [1.54, 1.807) is 0 Å². The van der Waals surface area contributed by atoms with Crippen LogP contribution in [0.1, 0.15) is 60.6 Å². The Hall–Kier alpha value is -3.19. The molecule has 0 radical (unpaired) electrons. The van der Waals surface area contributed by atoms with E-state index in [-0.39, 0.29) is 18.0 Å². The van der Waals surface area contributed by atoms with Gasteiger partial charge in [0.05, 0.1) is 17.8 Å². The number of benzene rings is 1. The first-order valence-corrected chi connectivity index (χ1v) is 11.8. The molecule has 2 aromatic heterocycles. The third-order valence-corrected chi connectivity index (χ3v) is 6.74. The highest BCUT2D eigenvalue weighted by Gasteiger charge is 2.42. The number of nitrogens with zero attached hydrogens (tertiary/aromatic N) is 3. The molecule has 3 heterocycles. The molecule has 1 aliphatic heterocycles. The largest absolute Gasteiger partial charge is 0.351 e. The molecule has 0 aliphatic carbocycles. The van der Waals surface area contributed by atoms with Gasteiger partial charge in [-0.1, -0.05) is 13.0 Å². The van der Waals surface area contributed by atoms with Crippen LogP contribution in [0.2, 0.25) is 0 Å². The van der Waals surface area contributed by atoms with Crippen LogP contribution in [0.25, 0.3) is 0 Å². The fourth-order valence-electron chi connectivity index (χ4n) is 4.74. The van der Waals surface area contributed by atoms with E-state index in [0.29, 0.717) is 11.5 Å². The molecule has 1 aliphatic rings. The number of amides is 1. The Labute approximate surface area is 201 Å². The Kier molecular flexibility index (Phi) is 6.51. The summed E-state index contributed by atoms with van der Waals surface area (Å²) in [6.45, 7) is 11.3. The number of aromatic nitrogens is 2. The van der Waals surface area contributed by atoms with Crippen LogP contribution in [0, 0.1) is 20.8 Å². The lowest BCUT2D eigenvalue weighted by molar-refractivity contribution is -0.115. The monoisotopic (exact) mass is 461 g/mol. The molecule has 0 bridgehead atoms. The summed E-state index contributed by atoms with van der Waals surface area (Å²) in [6.07, 6.45) is 2.27. The Bertz CT molecular complexity index is 1190. The highest BCUT2D eigenvalue weighted by atomic mass is 32.1. The Morgan fingerprint density at radius 1 is 1.15 bits per heavy atom. The molecule has 1 fully saturated rings. The molecule has 0 spiro atoms. The number of anilines is 2. The van der Waals surface area contributed by atoms with Crippen LogP contribution in [0.15, 0.2) is 48.7 Å². The third kappa shape index (κ3) is 4.25. The van der Waals surface area contributed by atoms with E-state index in [1.165, 1.54) is 17.0 Å². The van der Waals surface area contributed by atoms with E-state index < -0.39 is 0 Å². The van der Waals surface area contributed by atoms with Crippen molar-refractivity contribution >= 4 is 34.6 Å². The number of hydrogen-bond acceptors (Lipinski definition) is 3. The smallest absolute Gasteiger partial charge is 0.224 e. The number of hydrogen-bond donors (Lipinski definition) is 2. The van der Waals surface area contributed by atoms with Gasteiger partial charge in [0.15, 0.2) is 5.11 Å². The average molecular weight is 462 g/mol. The summed E-state index contributed by atoms with van der Waals surface area (Å²) in [6, 6.07) is 14.2. The third-order valence-electron chi connectivity index (χ3n) is 6.43. The molecule has 1 amide bonds. The zero-order valence-corrected chi connectivity index (χ0v) is 20.7. The SMILES string of the molecule is CCC(=O)Nc1ccc(N2C(=S)N[C@H](c3ccccn3)[C@@H]2c2cc(C)n(CC)c2C)cc1C. The predicted molar refractivity (Wildman–Crippen MR) is 138 cm³/mol. The van der Waals surface area contributed by atoms with Crippen molar-refractivity contribution in [3.8, 4) is 0 Å². The van der Waals surface area contributed by atoms with Crippen molar-refractivity contribution in [2.24, 2.45) is 0 Å². The van der Waals surface area contributed by atoms with E-state index in [0.717, 1.165) is 29.2 Å². The lowest BCUT2D eigenvalue weighted by atomic mass is 9.96. The Morgan fingerprint density at radius 2 is 1.94 bits per heavy atom. The number of nitrogens with one attached hydrogen (secondary N) is 2. The van der Waals surface area contributed by atoms with Gasteiger partial charge in [-0.05, 0) is 87.4 Å². The van der Waals surface area contributed by atoms with Gasteiger partial charge in [-0.25, -0.2) is 0 Å². The van der Waals surface area contributed by atoms with Gasteiger partial charge in [0.25, 0.3) is 0 Å². The highest BCUT2D eigenvalue weighted by molar-refractivity contribution is 7.80. The summed E-state index contributed by atoms with van der Waals surface area (Å²) in [5.74, 6) is 0.00399. The molecule has 6 nitrogen and oxygen atoms in total. The lowest BCUT2D eigenvalue weighted by Gasteiger charge is -2.29. The molecule has 172 valence electrons. The van der Waals surface area contributed by atoms with Crippen molar-refractivity contribution in [3.05, 3.63) is 76.9 Å². The number of rotatable bonds is 6. The summed E-state index contributed by atoms with van der Waals surface area (Å²) >= 11 is 5.86. The molecule has 1 aromatic carbocycles. The summed E-state index contributed by atoms with van der Waals surface area (Å²) in [7, 11) is 0. The predicted octanol–water partition coefficient (Wildman–Crippen LogP) is 5.35. The Balaban J connectivity index is 1.82. The van der Waals surface area contributed by atoms with Gasteiger partial charge in [-0.3, -0.25) is 9.78 Å². The summed E-state index contributed by atoms with van der Waals surface area (Å²) in [5, 5.41) is 7.18. The zero-order chi connectivity index (χ0) is 23.7. The molecule has 0 unspecified atom stereocenters. The van der Waals surface area contributed by atoms with Crippen LogP contribution in [0.3, 0.4) is 0 Å². The van der Waals surface area contributed by atoms with E-state index in [4.69, 9.17) is 12.2 Å². The minimum absolute atomic E-state index is 0.00399. The van der Waals surface area contributed by atoms with Crippen LogP contribution >= 0.6 is 12.2 Å². The lowest BCUT2D eigenvalue weighted by Crippen LogP contribution is -2.29. The maximum atomic E-state index is 11.9. The van der Waals surface area contributed by atoms with Crippen LogP contribution in [0.5, 0.6) is 0 Å². The van der Waals surface area contributed by atoms with Crippen LogP contribution in [0.4, 0.5) is 11.4 Å². The molecule has 3 aromatic rings. The van der Waals surface area contributed by atoms with Gasteiger partial charge in [-0.15, -0.1) is 0 Å². The first-order valence-electron chi connectivity index (χ1n) is 11.4. The van der Waals surface area contributed by atoms with Crippen molar-refractivity contribution in [2.45, 2.75) is 59.7 Å². The summed E-state index contributed by atoms with van der Waals surface area (Å²) in [5.41, 5.74) is 7.47. The number of aryl methyl sites for hydroxylation is 2. The second kappa shape index (κ2) is 9.35. The minimum atomic E-state index is -0.0794.